The normalized spacial score (nSPS) is 14.6. The van der Waals surface area contributed by atoms with Crippen LogP contribution in [0.2, 0.25) is 0 Å². The summed E-state index contributed by atoms with van der Waals surface area (Å²) in [6.45, 7) is 3.78. The molecule has 1 aromatic carbocycles. The lowest BCUT2D eigenvalue weighted by molar-refractivity contribution is -0.165. The molecule has 0 saturated heterocycles. The van der Waals surface area contributed by atoms with E-state index in [1.54, 1.807) is 20.1 Å². The molecule has 4 rings (SSSR count). The number of benzene rings is 1. The first-order valence-electron chi connectivity index (χ1n) is 13.3. The second kappa shape index (κ2) is 13.7. The van der Waals surface area contributed by atoms with Crippen LogP contribution >= 0.6 is 0 Å². The van der Waals surface area contributed by atoms with Gasteiger partial charge < -0.3 is 35.4 Å². The first kappa shape index (κ1) is 31.6. The van der Waals surface area contributed by atoms with Crippen LogP contribution in [-0.2, 0) is 26.1 Å². The molecule has 2 heterocycles. The lowest BCUT2D eigenvalue weighted by Gasteiger charge is -2.14. The van der Waals surface area contributed by atoms with E-state index in [1.165, 1.54) is 24.5 Å². The van der Waals surface area contributed by atoms with Gasteiger partial charge in [0.15, 0.2) is 11.6 Å². The number of carbonyl (C=O) groups is 1. The summed E-state index contributed by atoms with van der Waals surface area (Å²) in [5.74, 6) is -1.62. The first-order valence-corrected chi connectivity index (χ1v) is 13.3. The Kier molecular flexibility index (Phi) is 10.1. The summed E-state index contributed by atoms with van der Waals surface area (Å²) in [6.07, 6.45) is -0.955. The second-order valence-corrected chi connectivity index (χ2v) is 9.82. The Bertz CT molecular complexity index is 1450. The molecule has 3 aromatic rings. The minimum Gasteiger partial charge on any atom is -0.385 e. The quantitative estimate of drug-likeness (QED) is 0.111. The maximum atomic E-state index is 14.9. The van der Waals surface area contributed by atoms with Gasteiger partial charge in [-0.3, -0.25) is 4.79 Å². The van der Waals surface area contributed by atoms with Gasteiger partial charge >= 0.3 is 6.18 Å². The predicted octanol–water partition coefficient (Wildman–Crippen LogP) is 4.59. The van der Waals surface area contributed by atoms with Crippen molar-refractivity contribution in [3.63, 3.8) is 0 Å². The van der Waals surface area contributed by atoms with Gasteiger partial charge in [-0.25, -0.2) is 14.4 Å². The number of hydrogen-bond donors (Lipinski definition) is 4. The lowest BCUT2D eigenvalue weighted by Crippen LogP contribution is -2.28. The molecule has 2 aromatic heterocycles. The van der Waals surface area contributed by atoms with E-state index in [4.69, 9.17) is 19.4 Å². The molecule has 11 nitrogen and oxygen atoms in total. The van der Waals surface area contributed by atoms with Gasteiger partial charge in [0.25, 0.3) is 0 Å². The zero-order valence-electron chi connectivity index (χ0n) is 23.5. The molecule has 4 N–H and O–H groups in total. The Labute approximate surface area is 244 Å². The average molecular weight is 606 g/mol. The van der Waals surface area contributed by atoms with Crippen LogP contribution in [0.5, 0.6) is 0 Å². The monoisotopic (exact) mass is 605 g/mol. The van der Waals surface area contributed by atoms with Crippen LogP contribution in [0.1, 0.15) is 31.1 Å². The van der Waals surface area contributed by atoms with Gasteiger partial charge in [-0.1, -0.05) is 17.3 Å². The standard InChI is InChI=1S/C28H31F4N7O4/c1-17(34-7-8-42-10-9-41-2)22(14-33)37-26-35-15-20(16-36-26)18-3-4-19(21(29)11-18)12-25(40)38-24-13-23(43-39-24)27(5-6-27)28(30,31)32/h3-4,11,13-16,33-34H,5-10,12H2,1-2H3,(H,35,36,37)(H,38,39,40)/b22-17+,33-14?. The summed E-state index contributed by atoms with van der Waals surface area (Å²) < 4.78 is 69.9. The topological polar surface area (TPSA) is 147 Å². The highest BCUT2D eigenvalue weighted by atomic mass is 19.4. The molecule has 1 saturated carbocycles. The van der Waals surface area contributed by atoms with Gasteiger partial charge in [0.1, 0.15) is 11.2 Å². The van der Waals surface area contributed by atoms with Gasteiger partial charge in [0, 0.05) is 49.6 Å². The van der Waals surface area contributed by atoms with E-state index in [0.717, 1.165) is 12.3 Å². The van der Waals surface area contributed by atoms with Crippen LogP contribution in [0.4, 0.5) is 29.3 Å². The highest BCUT2D eigenvalue weighted by Gasteiger charge is 2.66. The maximum absolute atomic E-state index is 14.9. The Morgan fingerprint density at radius 2 is 1.86 bits per heavy atom. The van der Waals surface area contributed by atoms with Gasteiger partial charge in [-0.05, 0) is 37.0 Å². The smallest absolute Gasteiger partial charge is 0.385 e. The first-order chi connectivity index (χ1) is 20.6. The summed E-state index contributed by atoms with van der Waals surface area (Å²) in [7, 11) is 1.60. The summed E-state index contributed by atoms with van der Waals surface area (Å²) in [4.78, 5) is 20.9. The Morgan fingerprint density at radius 3 is 2.49 bits per heavy atom. The molecular weight excluding hydrogens is 574 g/mol. The van der Waals surface area contributed by atoms with Gasteiger partial charge in [0.2, 0.25) is 11.9 Å². The summed E-state index contributed by atoms with van der Waals surface area (Å²) in [6, 6.07) is 5.30. The summed E-state index contributed by atoms with van der Waals surface area (Å²) in [5, 5.41) is 19.7. The molecule has 1 amide bonds. The molecule has 1 aliphatic carbocycles. The third-order valence-electron chi connectivity index (χ3n) is 6.79. The van der Waals surface area contributed by atoms with Crippen LogP contribution in [0.15, 0.2) is 52.6 Å². The fraction of sp³-hybridized carbons (Fsp3) is 0.393. The number of amides is 1. The molecule has 0 unspecified atom stereocenters. The van der Waals surface area contributed by atoms with Crippen LogP contribution in [0.25, 0.3) is 11.1 Å². The van der Waals surface area contributed by atoms with Crippen molar-refractivity contribution in [1.82, 2.24) is 20.4 Å². The third-order valence-corrected chi connectivity index (χ3v) is 6.79. The molecule has 0 spiro atoms. The van der Waals surface area contributed by atoms with Gasteiger partial charge in [-0.15, -0.1) is 0 Å². The van der Waals surface area contributed by atoms with Crippen molar-refractivity contribution in [2.45, 2.75) is 37.8 Å². The van der Waals surface area contributed by atoms with Crippen LogP contribution in [0.3, 0.4) is 0 Å². The highest BCUT2D eigenvalue weighted by Crippen LogP contribution is 2.59. The number of halogens is 4. The van der Waals surface area contributed by atoms with E-state index in [2.05, 4.69) is 31.1 Å². The van der Waals surface area contributed by atoms with Crippen molar-refractivity contribution in [3.8, 4) is 11.1 Å². The number of alkyl halides is 3. The molecular formula is C28H31F4N7O4. The number of rotatable bonds is 15. The fourth-order valence-electron chi connectivity index (χ4n) is 4.13. The number of anilines is 2. The predicted molar refractivity (Wildman–Crippen MR) is 149 cm³/mol. The van der Waals surface area contributed by atoms with Crippen LogP contribution in [0, 0.1) is 11.2 Å². The minimum absolute atomic E-state index is 0.0750. The molecule has 1 fully saturated rings. The molecule has 1 aliphatic rings. The maximum Gasteiger partial charge on any atom is 0.401 e. The number of nitrogens with one attached hydrogen (secondary N) is 4. The summed E-state index contributed by atoms with van der Waals surface area (Å²) in [5.41, 5.74) is 0.135. The zero-order chi connectivity index (χ0) is 31.0. The van der Waals surface area contributed by atoms with E-state index in [1.807, 2.05) is 0 Å². The molecule has 43 heavy (non-hydrogen) atoms. The molecule has 0 radical (unpaired) electrons. The van der Waals surface area contributed by atoms with Crippen LogP contribution in [-0.4, -0.2) is 66.9 Å². The number of nitrogens with zero attached hydrogens (tertiary/aromatic N) is 3. The van der Waals surface area contributed by atoms with Gasteiger partial charge in [0.05, 0.1) is 31.9 Å². The molecule has 0 bridgehead atoms. The van der Waals surface area contributed by atoms with Crippen molar-refractivity contribution in [2.75, 3.05) is 44.1 Å². The van der Waals surface area contributed by atoms with E-state index in [9.17, 15) is 22.4 Å². The second-order valence-electron chi connectivity index (χ2n) is 9.82. The van der Waals surface area contributed by atoms with Crippen molar-refractivity contribution >= 4 is 23.9 Å². The molecule has 0 aliphatic heterocycles. The number of aromatic nitrogens is 3. The van der Waals surface area contributed by atoms with Crippen LogP contribution < -0.4 is 16.0 Å². The largest absolute Gasteiger partial charge is 0.401 e. The van der Waals surface area contributed by atoms with E-state index in [-0.39, 0.29) is 42.4 Å². The molecule has 15 heteroatoms. The van der Waals surface area contributed by atoms with E-state index in [0.29, 0.717) is 48.9 Å². The van der Waals surface area contributed by atoms with Crippen molar-refractivity contribution in [3.05, 3.63) is 65.2 Å². The number of ether oxygens (including phenoxy) is 2. The minimum atomic E-state index is -4.47. The highest BCUT2D eigenvalue weighted by molar-refractivity contribution is 5.91. The Balaban J connectivity index is 1.32. The number of hydrogen-bond acceptors (Lipinski definition) is 10. The van der Waals surface area contributed by atoms with Gasteiger partial charge in [-0.2, -0.15) is 13.2 Å². The van der Waals surface area contributed by atoms with Crippen molar-refractivity contribution in [2.24, 2.45) is 0 Å². The molecule has 0 atom stereocenters. The molecule has 230 valence electrons. The lowest BCUT2D eigenvalue weighted by atomic mass is 10.0. The Morgan fingerprint density at radius 1 is 1.12 bits per heavy atom. The van der Waals surface area contributed by atoms with Crippen molar-refractivity contribution in [1.29, 1.82) is 5.41 Å². The number of carbonyl (C=O) groups excluding carboxylic acids is 1. The third kappa shape index (κ3) is 7.93. The van der Waals surface area contributed by atoms with Crippen molar-refractivity contribution < 1.29 is 36.4 Å². The average Bonchev–Trinajstić information content (AvgIpc) is 3.68. The van der Waals surface area contributed by atoms with E-state index < -0.39 is 23.3 Å². The number of methoxy groups -OCH3 is 1. The fourth-order valence-corrected chi connectivity index (χ4v) is 4.13. The zero-order valence-corrected chi connectivity index (χ0v) is 23.5. The number of allylic oxidation sites excluding steroid dienone is 2. The SMILES string of the molecule is COCCOCCN/C(C)=C(\C=N)Nc1ncc(-c2ccc(CC(=O)Nc3cc(C4(C(F)(F)F)CC4)on3)c(F)c2)cn1. The van der Waals surface area contributed by atoms with E-state index >= 15 is 0 Å². The summed E-state index contributed by atoms with van der Waals surface area (Å²) >= 11 is 0. The Hall–Kier alpha value is -4.37.